The highest BCUT2D eigenvalue weighted by Gasteiger charge is 2.13. The molecule has 0 fully saturated rings. The summed E-state index contributed by atoms with van der Waals surface area (Å²) in [7, 11) is 0. The Morgan fingerprint density at radius 1 is 1.07 bits per heavy atom. The first-order valence-corrected chi connectivity index (χ1v) is 9.66. The monoisotopic (exact) mass is 390 g/mol. The minimum Gasteiger partial charge on any atom is -0.493 e. The number of carbonyl (C=O) groups excluding carboxylic acids is 1. The maximum absolute atomic E-state index is 12.9. The van der Waals surface area contributed by atoms with E-state index in [0.29, 0.717) is 25.6 Å². The number of nitrogens with one attached hydrogen (secondary N) is 1. The van der Waals surface area contributed by atoms with Crippen molar-refractivity contribution in [2.24, 2.45) is 5.92 Å². The van der Waals surface area contributed by atoms with E-state index in [4.69, 9.17) is 4.74 Å². The largest absolute Gasteiger partial charge is 0.493 e. The number of imidazole rings is 1. The molecule has 1 aromatic carbocycles. The summed E-state index contributed by atoms with van der Waals surface area (Å²) in [5.74, 6) is 1.25. The molecule has 2 heterocycles. The Morgan fingerprint density at radius 2 is 1.76 bits per heavy atom. The summed E-state index contributed by atoms with van der Waals surface area (Å²) in [6, 6.07) is 11.7. The molecule has 0 spiro atoms. The zero-order valence-electron chi connectivity index (χ0n) is 16.8. The van der Waals surface area contributed by atoms with Gasteiger partial charge in [-0.2, -0.15) is 0 Å². The Morgan fingerprint density at radius 3 is 2.38 bits per heavy atom. The first-order chi connectivity index (χ1) is 14.1. The molecule has 0 aliphatic rings. The molecule has 0 aliphatic heterocycles. The summed E-state index contributed by atoms with van der Waals surface area (Å²) in [5.41, 5.74) is 2.85. The summed E-state index contributed by atoms with van der Waals surface area (Å²) < 4.78 is 5.74. The molecule has 0 saturated carbocycles. The van der Waals surface area contributed by atoms with Gasteiger partial charge in [-0.05, 0) is 47.4 Å². The predicted molar refractivity (Wildman–Crippen MR) is 113 cm³/mol. The quantitative estimate of drug-likeness (QED) is 0.559. The van der Waals surface area contributed by atoms with Crippen LogP contribution in [0.3, 0.4) is 0 Å². The van der Waals surface area contributed by atoms with Crippen LogP contribution in [0.25, 0.3) is 6.08 Å². The number of pyridine rings is 1. The molecule has 1 N–H and O–H groups in total. The highest BCUT2D eigenvalue weighted by Crippen LogP contribution is 2.16. The lowest BCUT2D eigenvalue weighted by Gasteiger charge is -2.22. The summed E-state index contributed by atoms with van der Waals surface area (Å²) in [6.07, 6.45) is 10.0. The van der Waals surface area contributed by atoms with E-state index in [1.807, 2.05) is 36.4 Å². The number of amides is 1. The average molecular weight is 390 g/mol. The first kappa shape index (κ1) is 20.3. The van der Waals surface area contributed by atoms with Gasteiger partial charge in [0, 0.05) is 31.6 Å². The van der Waals surface area contributed by atoms with E-state index in [1.165, 1.54) is 0 Å². The van der Waals surface area contributed by atoms with Crippen molar-refractivity contribution in [3.63, 3.8) is 0 Å². The number of benzene rings is 1. The number of aromatic nitrogens is 3. The molecule has 0 unspecified atom stereocenters. The Balaban J connectivity index is 1.71. The zero-order valence-corrected chi connectivity index (χ0v) is 16.8. The minimum absolute atomic E-state index is 0.0726. The van der Waals surface area contributed by atoms with Crippen LogP contribution in [0.2, 0.25) is 0 Å². The minimum atomic E-state index is -0.0726. The van der Waals surface area contributed by atoms with Gasteiger partial charge in [0.2, 0.25) is 5.91 Å². The van der Waals surface area contributed by atoms with E-state index < -0.39 is 0 Å². The molecule has 29 heavy (non-hydrogen) atoms. The van der Waals surface area contributed by atoms with Crippen molar-refractivity contribution < 1.29 is 9.53 Å². The van der Waals surface area contributed by atoms with Crippen molar-refractivity contribution in [1.82, 2.24) is 19.9 Å². The third-order valence-electron chi connectivity index (χ3n) is 4.24. The third kappa shape index (κ3) is 6.60. The fourth-order valence-electron chi connectivity index (χ4n) is 2.72. The zero-order chi connectivity index (χ0) is 20.5. The van der Waals surface area contributed by atoms with Gasteiger partial charge in [-0.1, -0.05) is 26.0 Å². The van der Waals surface area contributed by atoms with E-state index >= 15 is 0 Å². The van der Waals surface area contributed by atoms with E-state index in [0.717, 1.165) is 22.6 Å². The van der Waals surface area contributed by atoms with Crippen LogP contribution >= 0.6 is 0 Å². The summed E-state index contributed by atoms with van der Waals surface area (Å²) in [4.78, 5) is 25.6. The fraction of sp³-hybridized carbons (Fsp3) is 0.261. The molecule has 6 nitrogen and oxygen atoms in total. The Bertz CT molecular complexity index is 904. The molecule has 3 aromatic rings. The summed E-state index contributed by atoms with van der Waals surface area (Å²) in [5, 5.41) is 0. The maximum atomic E-state index is 12.9. The number of carbonyl (C=O) groups is 1. The molecule has 0 radical (unpaired) electrons. The Labute approximate surface area is 171 Å². The SMILES string of the molecule is CC(C)COc1ccc(CN(Cc2ccncc2)C(=O)/C=C/c2cnc[nH]2)cc1. The van der Waals surface area contributed by atoms with Gasteiger partial charge in [0.25, 0.3) is 0 Å². The molecule has 2 aromatic heterocycles. The molecule has 6 heteroatoms. The smallest absolute Gasteiger partial charge is 0.247 e. The lowest BCUT2D eigenvalue weighted by molar-refractivity contribution is -0.127. The van der Waals surface area contributed by atoms with E-state index in [-0.39, 0.29) is 5.91 Å². The van der Waals surface area contributed by atoms with Gasteiger partial charge in [0.05, 0.1) is 24.8 Å². The Hall–Kier alpha value is -3.41. The maximum Gasteiger partial charge on any atom is 0.247 e. The van der Waals surface area contributed by atoms with Crippen molar-refractivity contribution in [1.29, 1.82) is 0 Å². The van der Waals surface area contributed by atoms with Gasteiger partial charge in [0.15, 0.2) is 0 Å². The summed E-state index contributed by atoms with van der Waals surface area (Å²) in [6.45, 7) is 5.92. The van der Waals surface area contributed by atoms with E-state index in [9.17, 15) is 4.79 Å². The van der Waals surface area contributed by atoms with Gasteiger partial charge in [0.1, 0.15) is 5.75 Å². The van der Waals surface area contributed by atoms with Crippen LogP contribution < -0.4 is 4.74 Å². The van der Waals surface area contributed by atoms with Gasteiger partial charge in [-0.25, -0.2) is 4.98 Å². The number of nitrogens with zero attached hydrogens (tertiary/aromatic N) is 3. The van der Waals surface area contributed by atoms with Crippen LogP contribution in [0.5, 0.6) is 5.75 Å². The molecule has 0 aliphatic carbocycles. The highest BCUT2D eigenvalue weighted by atomic mass is 16.5. The van der Waals surface area contributed by atoms with Crippen LogP contribution in [-0.2, 0) is 17.9 Å². The van der Waals surface area contributed by atoms with Gasteiger partial charge in [-0.15, -0.1) is 0 Å². The van der Waals surface area contributed by atoms with Gasteiger partial charge >= 0.3 is 0 Å². The molecule has 0 saturated heterocycles. The van der Waals surface area contributed by atoms with Crippen LogP contribution in [-0.4, -0.2) is 32.4 Å². The van der Waals surface area contributed by atoms with Crippen LogP contribution in [0.4, 0.5) is 0 Å². The average Bonchev–Trinajstić information content (AvgIpc) is 3.25. The molecule has 3 rings (SSSR count). The highest BCUT2D eigenvalue weighted by molar-refractivity contribution is 5.91. The molecule has 150 valence electrons. The normalized spacial score (nSPS) is 11.1. The number of ether oxygens (including phenoxy) is 1. The predicted octanol–water partition coefficient (Wildman–Crippen LogP) is 4.08. The van der Waals surface area contributed by atoms with Crippen molar-refractivity contribution in [3.8, 4) is 5.75 Å². The first-order valence-electron chi connectivity index (χ1n) is 9.66. The van der Waals surface area contributed by atoms with Crippen molar-refractivity contribution in [3.05, 3.63) is 84.2 Å². The standard InChI is InChI=1S/C23H26N4O2/c1-18(2)16-29-22-6-3-19(4-7-22)14-27(15-20-9-11-24-12-10-20)23(28)8-5-21-13-25-17-26-21/h3-13,17-18H,14-16H2,1-2H3,(H,25,26)/b8-5+. The van der Waals surface area contributed by atoms with Crippen LogP contribution in [0.1, 0.15) is 30.7 Å². The third-order valence-corrected chi connectivity index (χ3v) is 4.24. The van der Waals surface area contributed by atoms with Crippen molar-refractivity contribution >= 4 is 12.0 Å². The molecule has 1 amide bonds. The van der Waals surface area contributed by atoms with Gasteiger partial charge < -0.3 is 14.6 Å². The molecular weight excluding hydrogens is 364 g/mol. The van der Waals surface area contributed by atoms with Gasteiger partial charge in [-0.3, -0.25) is 9.78 Å². The second-order valence-electron chi connectivity index (χ2n) is 7.24. The fourth-order valence-corrected chi connectivity index (χ4v) is 2.72. The lowest BCUT2D eigenvalue weighted by Crippen LogP contribution is -2.28. The van der Waals surface area contributed by atoms with Crippen molar-refractivity contribution in [2.45, 2.75) is 26.9 Å². The van der Waals surface area contributed by atoms with Crippen molar-refractivity contribution in [2.75, 3.05) is 6.61 Å². The molecule has 0 atom stereocenters. The number of rotatable bonds is 9. The van der Waals surface area contributed by atoms with Crippen LogP contribution in [0.15, 0.2) is 67.4 Å². The van der Waals surface area contributed by atoms with Crippen LogP contribution in [0, 0.1) is 5.92 Å². The number of hydrogen-bond donors (Lipinski definition) is 1. The lowest BCUT2D eigenvalue weighted by atomic mass is 10.1. The van der Waals surface area contributed by atoms with E-state index in [2.05, 4.69) is 28.8 Å². The Kier molecular flexibility index (Phi) is 7.16. The number of aromatic amines is 1. The molecule has 0 bridgehead atoms. The van der Waals surface area contributed by atoms with E-state index in [1.54, 1.807) is 42.0 Å². The summed E-state index contributed by atoms with van der Waals surface area (Å²) >= 11 is 0. The number of H-pyrrole nitrogens is 1. The second-order valence-corrected chi connectivity index (χ2v) is 7.24. The molecular formula is C23H26N4O2. The number of hydrogen-bond acceptors (Lipinski definition) is 4. The second kappa shape index (κ2) is 10.2. The topological polar surface area (TPSA) is 71.1 Å².